The van der Waals surface area contributed by atoms with Crippen molar-refractivity contribution in [2.24, 2.45) is 4.99 Å². The lowest BCUT2D eigenvalue weighted by atomic mass is 10.2. The highest BCUT2D eigenvalue weighted by molar-refractivity contribution is 9.10. The number of thioether (sulfide) groups is 1. The van der Waals surface area contributed by atoms with Crippen molar-refractivity contribution in [2.45, 2.75) is 0 Å². The third kappa shape index (κ3) is 3.71. The SMILES string of the molecule is O=C(C=Cc1ccccc1Br)NC1=NCCS1. The number of hydrogen-bond donors (Lipinski definition) is 1. The van der Waals surface area contributed by atoms with Gasteiger partial charge < -0.3 is 5.32 Å². The van der Waals surface area contributed by atoms with Gasteiger partial charge in [0.1, 0.15) is 0 Å². The van der Waals surface area contributed by atoms with Crippen LogP contribution in [-0.4, -0.2) is 23.4 Å². The molecule has 0 unspecified atom stereocenters. The molecule has 0 saturated carbocycles. The van der Waals surface area contributed by atoms with Crippen LogP contribution in [0.3, 0.4) is 0 Å². The zero-order valence-electron chi connectivity index (χ0n) is 9.02. The summed E-state index contributed by atoms with van der Waals surface area (Å²) in [6.45, 7) is 0.786. The zero-order chi connectivity index (χ0) is 12.1. The molecule has 0 aromatic heterocycles. The number of aliphatic imine (C=N–C) groups is 1. The normalized spacial score (nSPS) is 15.0. The van der Waals surface area contributed by atoms with Crippen molar-refractivity contribution in [3.8, 4) is 0 Å². The van der Waals surface area contributed by atoms with Crippen LogP contribution in [0.15, 0.2) is 39.8 Å². The van der Waals surface area contributed by atoms with E-state index in [2.05, 4.69) is 26.2 Å². The van der Waals surface area contributed by atoms with Crippen molar-refractivity contribution in [1.29, 1.82) is 0 Å². The van der Waals surface area contributed by atoms with Gasteiger partial charge in [0.2, 0.25) is 5.91 Å². The first kappa shape index (κ1) is 12.4. The number of nitrogens with one attached hydrogen (secondary N) is 1. The fourth-order valence-electron chi connectivity index (χ4n) is 1.33. The van der Waals surface area contributed by atoms with Gasteiger partial charge >= 0.3 is 0 Å². The Kier molecular flexibility index (Phi) is 4.39. The van der Waals surface area contributed by atoms with Crippen LogP contribution in [0.2, 0.25) is 0 Å². The van der Waals surface area contributed by atoms with E-state index in [1.807, 2.05) is 24.3 Å². The van der Waals surface area contributed by atoms with Gasteiger partial charge in [0, 0.05) is 16.3 Å². The second-order valence-corrected chi connectivity index (χ2v) is 5.32. The summed E-state index contributed by atoms with van der Waals surface area (Å²) < 4.78 is 0.969. The fourth-order valence-corrected chi connectivity index (χ4v) is 2.48. The third-order valence-corrected chi connectivity index (χ3v) is 3.75. The molecule has 1 aliphatic rings. The lowest BCUT2D eigenvalue weighted by Crippen LogP contribution is -2.25. The zero-order valence-corrected chi connectivity index (χ0v) is 11.4. The summed E-state index contributed by atoms with van der Waals surface area (Å²) in [6.07, 6.45) is 3.29. The van der Waals surface area contributed by atoms with Crippen molar-refractivity contribution in [3.63, 3.8) is 0 Å². The Bertz CT molecular complexity index is 485. The highest BCUT2D eigenvalue weighted by Gasteiger charge is 2.08. The summed E-state index contributed by atoms with van der Waals surface area (Å²) in [4.78, 5) is 15.7. The minimum absolute atomic E-state index is 0.145. The maximum Gasteiger partial charge on any atom is 0.249 e. The Balaban J connectivity index is 1.96. The molecular weight excluding hydrogens is 300 g/mol. The molecule has 1 aromatic rings. The van der Waals surface area contributed by atoms with Crippen LogP contribution in [0.1, 0.15) is 5.56 Å². The smallest absolute Gasteiger partial charge is 0.249 e. The predicted octanol–water partition coefficient (Wildman–Crippen LogP) is 2.68. The van der Waals surface area contributed by atoms with Gasteiger partial charge in [-0.1, -0.05) is 45.9 Å². The second-order valence-electron chi connectivity index (χ2n) is 3.38. The molecule has 0 spiro atoms. The Hall–Kier alpha value is -1.07. The lowest BCUT2D eigenvalue weighted by Gasteiger charge is -1.99. The van der Waals surface area contributed by atoms with Crippen molar-refractivity contribution in [3.05, 3.63) is 40.4 Å². The standard InChI is InChI=1S/C12H11BrN2OS/c13-10-4-2-1-3-9(10)5-6-11(16)15-12-14-7-8-17-12/h1-6H,7-8H2,(H,14,15,16). The van der Waals surface area contributed by atoms with Crippen LogP contribution in [-0.2, 0) is 4.79 Å². The van der Waals surface area contributed by atoms with E-state index in [-0.39, 0.29) is 5.91 Å². The van der Waals surface area contributed by atoms with Gasteiger partial charge in [-0.05, 0) is 17.7 Å². The molecule has 1 amide bonds. The van der Waals surface area contributed by atoms with Gasteiger partial charge in [-0.15, -0.1) is 0 Å². The number of carbonyl (C=O) groups excluding carboxylic acids is 1. The van der Waals surface area contributed by atoms with Crippen molar-refractivity contribution in [2.75, 3.05) is 12.3 Å². The topological polar surface area (TPSA) is 41.5 Å². The molecule has 0 radical (unpaired) electrons. The summed E-state index contributed by atoms with van der Waals surface area (Å²) in [5.74, 6) is 0.803. The molecule has 0 atom stereocenters. The second kappa shape index (κ2) is 6.02. The Morgan fingerprint density at radius 3 is 3.00 bits per heavy atom. The molecule has 88 valence electrons. The van der Waals surface area contributed by atoms with E-state index < -0.39 is 0 Å². The molecule has 5 heteroatoms. The van der Waals surface area contributed by atoms with Crippen LogP contribution in [0.5, 0.6) is 0 Å². The average Bonchev–Trinajstić information content (AvgIpc) is 2.81. The number of halogens is 1. The van der Waals surface area contributed by atoms with Gasteiger partial charge in [-0.2, -0.15) is 0 Å². The molecule has 0 aliphatic carbocycles. The van der Waals surface area contributed by atoms with Crippen molar-refractivity contribution in [1.82, 2.24) is 5.32 Å². The van der Waals surface area contributed by atoms with E-state index in [1.165, 1.54) is 6.08 Å². The Morgan fingerprint density at radius 1 is 1.47 bits per heavy atom. The summed E-state index contributed by atoms with van der Waals surface area (Å²) in [5.41, 5.74) is 0.976. The molecular formula is C12H11BrN2OS. The number of nitrogens with zero attached hydrogens (tertiary/aromatic N) is 1. The number of amides is 1. The molecule has 1 heterocycles. The van der Waals surface area contributed by atoms with Crippen LogP contribution in [0.25, 0.3) is 6.08 Å². The Labute approximate surface area is 113 Å². The lowest BCUT2D eigenvalue weighted by molar-refractivity contribution is -0.115. The first-order valence-electron chi connectivity index (χ1n) is 5.16. The molecule has 0 bridgehead atoms. The monoisotopic (exact) mass is 310 g/mol. The number of hydrogen-bond acceptors (Lipinski definition) is 3. The molecule has 2 rings (SSSR count). The summed E-state index contributed by atoms with van der Waals surface area (Å²) in [6, 6.07) is 7.74. The Morgan fingerprint density at radius 2 is 2.29 bits per heavy atom. The molecule has 3 nitrogen and oxygen atoms in total. The quantitative estimate of drug-likeness (QED) is 0.853. The summed E-state index contributed by atoms with van der Waals surface area (Å²) in [5, 5.41) is 3.46. The number of carbonyl (C=O) groups is 1. The number of benzene rings is 1. The molecule has 17 heavy (non-hydrogen) atoms. The first-order valence-corrected chi connectivity index (χ1v) is 6.94. The first-order chi connectivity index (χ1) is 8.25. The van der Waals surface area contributed by atoms with E-state index in [4.69, 9.17) is 0 Å². The van der Waals surface area contributed by atoms with E-state index in [0.29, 0.717) is 5.17 Å². The third-order valence-electron chi connectivity index (χ3n) is 2.14. The minimum Gasteiger partial charge on any atom is -0.302 e. The summed E-state index contributed by atoms with van der Waals surface area (Å²) in [7, 11) is 0. The maximum absolute atomic E-state index is 11.6. The highest BCUT2D eigenvalue weighted by Crippen LogP contribution is 2.17. The van der Waals surface area contributed by atoms with Crippen LogP contribution < -0.4 is 5.32 Å². The molecule has 1 aliphatic heterocycles. The van der Waals surface area contributed by atoms with E-state index in [9.17, 15) is 4.79 Å². The van der Waals surface area contributed by atoms with Crippen LogP contribution >= 0.6 is 27.7 Å². The molecule has 1 N–H and O–H groups in total. The number of amidine groups is 1. The molecule has 0 saturated heterocycles. The maximum atomic E-state index is 11.6. The fraction of sp³-hybridized carbons (Fsp3) is 0.167. The largest absolute Gasteiger partial charge is 0.302 e. The molecule has 0 fully saturated rings. The van der Waals surface area contributed by atoms with Gasteiger partial charge in [-0.3, -0.25) is 9.79 Å². The van der Waals surface area contributed by atoms with E-state index in [1.54, 1.807) is 17.8 Å². The minimum atomic E-state index is -0.145. The van der Waals surface area contributed by atoms with Gasteiger partial charge in [-0.25, -0.2) is 0 Å². The van der Waals surface area contributed by atoms with Crippen molar-refractivity contribution >= 4 is 44.8 Å². The van der Waals surface area contributed by atoms with Gasteiger partial charge in [0.05, 0.1) is 6.54 Å². The van der Waals surface area contributed by atoms with Crippen LogP contribution in [0, 0.1) is 0 Å². The average molecular weight is 311 g/mol. The van der Waals surface area contributed by atoms with E-state index in [0.717, 1.165) is 22.3 Å². The van der Waals surface area contributed by atoms with Crippen LogP contribution in [0.4, 0.5) is 0 Å². The highest BCUT2D eigenvalue weighted by atomic mass is 79.9. The molecule has 1 aromatic carbocycles. The number of rotatable bonds is 2. The summed E-state index contributed by atoms with van der Waals surface area (Å²) >= 11 is 4.99. The van der Waals surface area contributed by atoms with Gasteiger partial charge in [0.15, 0.2) is 5.17 Å². The van der Waals surface area contributed by atoms with Gasteiger partial charge in [0.25, 0.3) is 0 Å². The van der Waals surface area contributed by atoms with E-state index >= 15 is 0 Å². The predicted molar refractivity (Wildman–Crippen MR) is 76.1 cm³/mol. The van der Waals surface area contributed by atoms with Crippen molar-refractivity contribution < 1.29 is 4.79 Å².